The number of aliphatic hydroxyl groups is 1. The third kappa shape index (κ3) is 16.0. The average Bonchev–Trinajstić information content (AvgIpc) is 2.55. The zero-order valence-electron chi connectivity index (χ0n) is 22.1. The van der Waals surface area contributed by atoms with Crippen molar-refractivity contribution in [3.05, 3.63) is 12.7 Å². The number of hydrogen-bond donors (Lipinski definition) is 1. The smallest absolute Gasteiger partial charge is 0.182 e. The maximum atomic E-state index is 12.9. The Morgan fingerprint density at radius 2 is 1.71 bits per heavy atom. The zero-order valence-corrected chi connectivity index (χ0v) is 23.1. The molecule has 6 heteroatoms. The molecule has 5 nitrogen and oxygen atoms in total. The number of allylic oxidation sites excluding steroid dienone is 1. The monoisotopic (exact) mass is 462 g/mol. The Morgan fingerprint density at radius 3 is 2.13 bits per heavy atom. The molecule has 0 spiro atoms. The second-order valence-electron chi connectivity index (χ2n) is 10.2. The molecule has 0 amide bonds. The van der Waals surface area contributed by atoms with Gasteiger partial charge in [-0.15, -0.1) is 6.58 Å². The second kappa shape index (κ2) is 15.5. The third-order valence-electron chi connectivity index (χ3n) is 4.44. The van der Waals surface area contributed by atoms with Gasteiger partial charge in [-0.3, -0.25) is 4.79 Å². The number of hydrogen-bond acceptors (Lipinski definition) is 5. The van der Waals surface area contributed by atoms with Gasteiger partial charge >= 0.3 is 0 Å². The van der Waals surface area contributed by atoms with Gasteiger partial charge in [0.15, 0.2) is 5.52 Å². The summed E-state index contributed by atoms with van der Waals surface area (Å²) in [6, 6.07) is 0. The predicted molar refractivity (Wildman–Crippen MR) is 135 cm³/mol. The molecule has 1 saturated carbocycles. The normalized spacial score (nSPS) is 22.9. The molecule has 0 aliphatic heterocycles. The van der Waals surface area contributed by atoms with Gasteiger partial charge in [0.25, 0.3) is 0 Å². The fourth-order valence-corrected chi connectivity index (χ4v) is 5.09. The van der Waals surface area contributed by atoms with E-state index in [1.54, 1.807) is 27.0 Å². The lowest BCUT2D eigenvalue weighted by atomic mass is 9.85. The summed E-state index contributed by atoms with van der Waals surface area (Å²) < 4.78 is 17.5. The quantitative estimate of drug-likeness (QED) is 0.348. The molecule has 4 atom stereocenters. The number of carbonyl (C=O) groups excluding carboxylic acids is 1. The van der Waals surface area contributed by atoms with Crippen LogP contribution in [-0.2, 0) is 19.0 Å². The number of ether oxygens (including phenoxy) is 3. The number of rotatable bonds is 8. The molecule has 1 fully saturated rings. The third-order valence-corrected chi connectivity index (χ3v) is 6.55. The predicted octanol–water partition coefficient (Wildman–Crippen LogP) is 6.12. The average molecular weight is 463 g/mol. The number of aliphatic hydroxyl groups excluding tert-OH is 1. The lowest BCUT2D eigenvalue weighted by molar-refractivity contribution is -0.143. The molecule has 0 radical (unpaired) electrons. The van der Waals surface area contributed by atoms with Gasteiger partial charge in [-0.05, 0) is 90.7 Å². The standard InChI is InChI=1S/C19H37O4P.C3H8O.C3H6/c1-14(13-21-8)22-18(5,6)16(20)24-15-11-9-10-12-19(15,7)23-17(2,3)4;1-3(2)4;1-3-2/h14-15,24H,9-13H2,1-8H3;3-4H,1-2H3;3H,1H2,2H3. The van der Waals surface area contributed by atoms with Crippen molar-refractivity contribution in [1.82, 2.24) is 0 Å². The molecule has 31 heavy (non-hydrogen) atoms. The van der Waals surface area contributed by atoms with E-state index in [1.807, 2.05) is 27.7 Å². The molecule has 1 aliphatic carbocycles. The summed E-state index contributed by atoms with van der Waals surface area (Å²) in [4.78, 5) is 12.9. The maximum Gasteiger partial charge on any atom is 0.182 e. The molecule has 1 rings (SSSR count). The van der Waals surface area contributed by atoms with E-state index < -0.39 is 5.60 Å². The van der Waals surface area contributed by atoms with Crippen molar-refractivity contribution in [2.75, 3.05) is 13.7 Å². The lowest BCUT2D eigenvalue weighted by Gasteiger charge is -2.45. The van der Waals surface area contributed by atoms with E-state index in [0.29, 0.717) is 6.61 Å². The summed E-state index contributed by atoms with van der Waals surface area (Å²) >= 11 is 0. The van der Waals surface area contributed by atoms with Crippen molar-refractivity contribution < 1.29 is 24.1 Å². The van der Waals surface area contributed by atoms with Gasteiger partial charge in [0.05, 0.1) is 23.9 Å². The largest absolute Gasteiger partial charge is 0.394 e. The van der Waals surface area contributed by atoms with Crippen molar-refractivity contribution in [2.45, 2.75) is 130 Å². The second-order valence-corrected chi connectivity index (χ2v) is 11.6. The van der Waals surface area contributed by atoms with Crippen LogP contribution in [0.4, 0.5) is 0 Å². The van der Waals surface area contributed by atoms with E-state index in [9.17, 15) is 4.79 Å². The SMILES string of the molecule is C=CC.CC(C)O.COCC(C)OC(C)(C)C(=O)PC1CCCCC1(C)OC(C)(C)C. The molecule has 186 valence electrons. The van der Waals surface area contributed by atoms with Crippen LogP contribution in [0.5, 0.6) is 0 Å². The van der Waals surface area contributed by atoms with E-state index in [-0.39, 0.29) is 43.2 Å². The number of carbonyl (C=O) groups is 1. The highest BCUT2D eigenvalue weighted by molar-refractivity contribution is 7.59. The van der Waals surface area contributed by atoms with Gasteiger partial charge in [0.2, 0.25) is 0 Å². The summed E-state index contributed by atoms with van der Waals surface area (Å²) in [6.07, 6.45) is 5.92. The van der Waals surface area contributed by atoms with Crippen LogP contribution in [0, 0.1) is 0 Å². The molecule has 0 saturated heterocycles. The molecule has 0 aromatic heterocycles. The highest BCUT2D eigenvalue weighted by Crippen LogP contribution is 2.46. The van der Waals surface area contributed by atoms with Crippen molar-refractivity contribution in [3.8, 4) is 0 Å². The Hall–Kier alpha value is -0.320. The van der Waals surface area contributed by atoms with Crippen molar-refractivity contribution >= 4 is 14.1 Å². The highest BCUT2D eigenvalue weighted by Gasteiger charge is 2.43. The first kappa shape index (κ1) is 32.9. The van der Waals surface area contributed by atoms with Gasteiger partial charge in [-0.2, -0.15) is 0 Å². The summed E-state index contributed by atoms with van der Waals surface area (Å²) in [5.41, 5.74) is -0.744. The molecular weight excluding hydrogens is 411 g/mol. The van der Waals surface area contributed by atoms with Gasteiger partial charge in [0.1, 0.15) is 5.60 Å². The molecular formula is C25H51O5P. The van der Waals surface area contributed by atoms with Crippen LogP contribution in [0.2, 0.25) is 0 Å². The lowest BCUT2D eigenvalue weighted by Crippen LogP contribution is -2.48. The van der Waals surface area contributed by atoms with E-state index in [1.165, 1.54) is 12.8 Å². The summed E-state index contributed by atoms with van der Waals surface area (Å²) in [5, 5.41) is 8.06. The summed E-state index contributed by atoms with van der Waals surface area (Å²) in [7, 11) is 1.86. The fraction of sp³-hybridized carbons (Fsp3) is 0.880. The van der Waals surface area contributed by atoms with Crippen LogP contribution in [-0.4, -0.2) is 59.0 Å². The van der Waals surface area contributed by atoms with Crippen LogP contribution in [0.25, 0.3) is 0 Å². The summed E-state index contributed by atoms with van der Waals surface area (Å²) in [6.45, 7) is 23.3. The Morgan fingerprint density at radius 1 is 1.23 bits per heavy atom. The Kier molecular flexibility index (Phi) is 16.4. The van der Waals surface area contributed by atoms with Crippen LogP contribution in [0.15, 0.2) is 12.7 Å². The van der Waals surface area contributed by atoms with E-state index in [2.05, 4.69) is 34.3 Å². The highest BCUT2D eigenvalue weighted by atomic mass is 31.1. The van der Waals surface area contributed by atoms with E-state index in [0.717, 1.165) is 12.8 Å². The minimum Gasteiger partial charge on any atom is -0.394 e. The maximum absolute atomic E-state index is 12.9. The molecule has 0 aromatic rings. The van der Waals surface area contributed by atoms with Crippen LogP contribution in [0.3, 0.4) is 0 Å². The van der Waals surface area contributed by atoms with E-state index in [4.69, 9.17) is 19.3 Å². The van der Waals surface area contributed by atoms with Gasteiger partial charge < -0.3 is 19.3 Å². The van der Waals surface area contributed by atoms with Crippen molar-refractivity contribution in [1.29, 1.82) is 0 Å². The Balaban J connectivity index is 0. The number of methoxy groups -OCH3 is 1. The molecule has 0 aromatic carbocycles. The van der Waals surface area contributed by atoms with Crippen molar-refractivity contribution in [3.63, 3.8) is 0 Å². The van der Waals surface area contributed by atoms with Crippen LogP contribution in [0.1, 0.15) is 94.9 Å². The first-order valence-corrected chi connectivity index (χ1v) is 12.5. The molecule has 0 bridgehead atoms. The minimum atomic E-state index is -0.781. The molecule has 0 heterocycles. The summed E-state index contributed by atoms with van der Waals surface area (Å²) in [5.74, 6) is 0. The molecule has 1 aliphatic rings. The Bertz CT molecular complexity index is 496. The Labute approximate surface area is 194 Å². The molecule has 1 N–H and O–H groups in total. The van der Waals surface area contributed by atoms with Gasteiger partial charge in [-0.1, -0.05) is 18.9 Å². The minimum absolute atomic E-state index is 0.0951. The first-order valence-electron chi connectivity index (χ1n) is 11.5. The van der Waals surface area contributed by atoms with Crippen LogP contribution < -0.4 is 0 Å². The van der Waals surface area contributed by atoms with Crippen LogP contribution >= 0.6 is 8.58 Å². The zero-order chi connectivity index (χ0) is 24.9. The molecule has 4 unspecified atom stereocenters. The topological polar surface area (TPSA) is 65.0 Å². The van der Waals surface area contributed by atoms with Crippen molar-refractivity contribution in [2.24, 2.45) is 0 Å². The first-order chi connectivity index (χ1) is 14.0. The fourth-order valence-electron chi connectivity index (χ4n) is 3.51. The van der Waals surface area contributed by atoms with E-state index >= 15 is 0 Å². The van der Waals surface area contributed by atoms with Gasteiger partial charge in [0, 0.05) is 18.9 Å². The van der Waals surface area contributed by atoms with Gasteiger partial charge in [-0.25, -0.2) is 0 Å².